The quantitative estimate of drug-likeness (QED) is 0.645. The number of furan rings is 1. The average Bonchev–Trinajstić information content (AvgIpc) is 3.26. The number of nitrogens with zero attached hydrogens (tertiary/aromatic N) is 5. The number of hydrogen-bond donors (Lipinski definition) is 2. The number of nitrogens with one attached hydrogen (secondary N) is 1. The van der Waals surface area contributed by atoms with E-state index in [2.05, 4.69) is 24.9 Å². The molecule has 1 saturated heterocycles. The van der Waals surface area contributed by atoms with Gasteiger partial charge in [-0.2, -0.15) is 4.52 Å². The van der Waals surface area contributed by atoms with E-state index in [4.69, 9.17) is 4.42 Å². The lowest BCUT2D eigenvalue weighted by atomic mass is 10.1. The predicted octanol–water partition coefficient (Wildman–Crippen LogP) is 0.388. The molecule has 0 aliphatic carbocycles. The van der Waals surface area contributed by atoms with Gasteiger partial charge >= 0.3 is 0 Å². The normalized spacial score (nSPS) is 19.1. The van der Waals surface area contributed by atoms with E-state index in [0.717, 1.165) is 37.7 Å². The first kappa shape index (κ1) is 17.9. The Balaban J connectivity index is 1.44. The Morgan fingerprint density at radius 1 is 1.33 bits per heavy atom. The maximum Gasteiger partial charge on any atom is 0.274 e. The highest BCUT2D eigenvalue weighted by atomic mass is 16.3. The molecule has 1 atom stereocenters. The molecule has 0 bridgehead atoms. The van der Waals surface area contributed by atoms with Crippen molar-refractivity contribution >= 4 is 5.78 Å². The second-order valence-electron chi connectivity index (χ2n) is 6.99. The van der Waals surface area contributed by atoms with Crippen LogP contribution in [0.1, 0.15) is 23.6 Å². The molecule has 4 rings (SSSR count). The van der Waals surface area contributed by atoms with Crippen molar-refractivity contribution in [3.8, 4) is 0 Å². The molecule has 3 aromatic rings. The number of fused-ring (bicyclic) bond motifs is 1. The number of hydrogen-bond acceptors (Lipinski definition) is 7. The Bertz CT molecular complexity index is 961. The zero-order chi connectivity index (χ0) is 18.8. The highest BCUT2D eigenvalue weighted by molar-refractivity contribution is 5.26. The fraction of sp³-hybridized carbons (Fsp3) is 0.500. The average molecular weight is 372 g/mol. The van der Waals surface area contributed by atoms with Crippen molar-refractivity contribution in [1.29, 1.82) is 0 Å². The van der Waals surface area contributed by atoms with Crippen LogP contribution in [0.4, 0.5) is 0 Å². The SMILES string of the molecule is Cc1ccc(CN2CCN(Cc3cc(=O)n4[nH]cnc4n3)CC2CCO)o1. The zero-order valence-corrected chi connectivity index (χ0v) is 15.3. The maximum absolute atomic E-state index is 12.1. The molecule has 9 nitrogen and oxygen atoms in total. The first-order chi connectivity index (χ1) is 13.1. The third-order valence-electron chi connectivity index (χ3n) is 5.01. The molecule has 0 amide bonds. The number of aryl methyl sites for hydroxylation is 1. The number of rotatable bonds is 6. The molecule has 4 heterocycles. The van der Waals surface area contributed by atoms with Gasteiger partial charge in [-0.15, -0.1) is 0 Å². The first-order valence-electron chi connectivity index (χ1n) is 9.17. The van der Waals surface area contributed by atoms with Crippen molar-refractivity contribution < 1.29 is 9.52 Å². The van der Waals surface area contributed by atoms with Gasteiger partial charge in [-0.3, -0.25) is 19.7 Å². The summed E-state index contributed by atoms with van der Waals surface area (Å²) in [7, 11) is 0. The number of aliphatic hydroxyl groups is 1. The molecule has 27 heavy (non-hydrogen) atoms. The fourth-order valence-electron chi connectivity index (χ4n) is 3.68. The molecule has 0 saturated carbocycles. The Kier molecular flexibility index (Phi) is 5.06. The molecule has 1 aliphatic heterocycles. The Morgan fingerprint density at radius 3 is 3.00 bits per heavy atom. The second kappa shape index (κ2) is 7.63. The summed E-state index contributed by atoms with van der Waals surface area (Å²) in [6.07, 6.45) is 2.16. The highest BCUT2D eigenvalue weighted by Crippen LogP contribution is 2.19. The maximum atomic E-state index is 12.1. The minimum Gasteiger partial charge on any atom is -0.465 e. The van der Waals surface area contributed by atoms with Gasteiger partial charge in [0, 0.05) is 44.9 Å². The molecule has 0 spiro atoms. The van der Waals surface area contributed by atoms with E-state index in [1.165, 1.54) is 10.8 Å². The summed E-state index contributed by atoms with van der Waals surface area (Å²) in [5, 5.41) is 12.2. The smallest absolute Gasteiger partial charge is 0.274 e. The van der Waals surface area contributed by atoms with Crippen molar-refractivity contribution in [1.82, 2.24) is 29.4 Å². The van der Waals surface area contributed by atoms with E-state index in [1.54, 1.807) is 6.07 Å². The fourth-order valence-corrected chi connectivity index (χ4v) is 3.68. The lowest BCUT2D eigenvalue weighted by molar-refractivity contribution is 0.0449. The summed E-state index contributed by atoms with van der Waals surface area (Å²) in [5.74, 6) is 2.24. The van der Waals surface area contributed by atoms with E-state index in [1.807, 2.05) is 19.1 Å². The number of aromatic amines is 1. The molecular weight excluding hydrogens is 348 g/mol. The van der Waals surface area contributed by atoms with Gasteiger partial charge in [0.25, 0.3) is 11.3 Å². The van der Waals surface area contributed by atoms with Crippen LogP contribution in [0.5, 0.6) is 0 Å². The lowest BCUT2D eigenvalue weighted by Gasteiger charge is -2.41. The molecule has 3 aromatic heterocycles. The molecule has 2 N–H and O–H groups in total. The van der Waals surface area contributed by atoms with Gasteiger partial charge in [0.15, 0.2) is 0 Å². The van der Waals surface area contributed by atoms with Crippen LogP contribution in [0.2, 0.25) is 0 Å². The summed E-state index contributed by atoms with van der Waals surface area (Å²) < 4.78 is 7.03. The van der Waals surface area contributed by atoms with Gasteiger partial charge < -0.3 is 9.52 Å². The van der Waals surface area contributed by atoms with Crippen LogP contribution >= 0.6 is 0 Å². The van der Waals surface area contributed by atoms with Gasteiger partial charge in [0.1, 0.15) is 17.8 Å². The van der Waals surface area contributed by atoms with Crippen molar-refractivity contribution in [3.63, 3.8) is 0 Å². The highest BCUT2D eigenvalue weighted by Gasteiger charge is 2.27. The van der Waals surface area contributed by atoms with E-state index >= 15 is 0 Å². The van der Waals surface area contributed by atoms with Gasteiger partial charge in [0.05, 0.1) is 12.2 Å². The summed E-state index contributed by atoms with van der Waals surface area (Å²) in [6, 6.07) is 5.75. The minimum absolute atomic E-state index is 0.144. The Morgan fingerprint density at radius 2 is 2.22 bits per heavy atom. The molecule has 144 valence electrons. The van der Waals surface area contributed by atoms with Gasteiger partial charge in [0.2, 0.25) is 0 Å². The lowest BCUT2D eigenvalue weighted by Crippen LogP contribution is -2.52. The molecule has 1 unspecified atom stereocenters. The number of aromatic nitrogens is 4. The zero-order valence-electron chi connectivity index (χ0n) is 15.3. The number of aliphatic hydroxyl groups excluding tert-OH is 1. The van der Waals surface area contributed by atoms with Gasteiger partial charge in [-0.25, -0.2) is 9.97 Å². The van der Waals surface area contributed by atoms with Crippen LogP contribution in [0, 0.1) is 6.92 Å². The molecule has 0 radical (unpaired) electrons. The first-order valence-corrected chi connectivity index (χ1v) is 9.17. The standard InChI is InChI=1S/C18H24N6O3/c1-13-2-3-16(27-13)11-23-6-5-22(10-15(23)4-7-25)9-14-8-17(26)24-18(21-14)19-12-20-24/h2-3,8,12,15,25H,4-7,9-11H2,1H3,(H,19,20,21). The summed E-state index contributed by atoms with van der Waals surface area (Å²) in [4.78, 5) is 25.2. The number of piperazine rings is 1. The largest absolute Gasteiger partial charge is 0.465 e. The number of H-pyrrole nitrogens is 1. The minimum atomic E-state index is -0.161. The van der Waals surface area contributed by atoms with Gasteiger partial charge in [-0.05, 0) is 25.5 Å². The van der Waals surface area contributed by atoms with Crippen LogP contribution in [0.25, 0.3) is 5.78 Å². The third-order valence-corrected chi connectivity index (χ3v) is 5.01. The van der Waals surface area contributed by atoms with Crippen molar-refractivity contribution in [3.05, 3.63) is 52.1 Å². The van der Waals surface area contributed by atoms with Crippen LogP contribution in [-0.4, -0.2) is 66.8 Å². The third kappa shape index (κ3) is 3.95. The van der Waals surface area contributed by atoms with Crippen molar-refractivity contribution in [2.75, 3.05) is 26.2 Å². The molecule has 9 heteroatoms. The van der Waals surface area contributed by atoms with Crippen LogP contribution in [0.15, 0.2) is 33.7 Å². The topological polar surface area (TPSA) is 103 Å². The Hall–Kier alpha value is -2.49. The second-order valence-corrected chi connectivity index (χ2v) is 6.99. The molecule has 1 fully saturated rings. The summed E-state index contributed by atoms with van der Waals surface area (Å²) in [5.41, 5.74) is 0.552. The van der Waals surface area contributed by atoms with E-state index < -0.39 is 0 Å². The van der Waals surface area contributed by atoms with Crippen LogP contribution in [0.3, 0.4) is 0 Å². The van der Waals surface area contributed by atoms with Crippen molar-refractivity contribution in [2.24, 2.45) is 0 Å². The van der Waals surface area contributed by atoms with Crippen molar-refractivity contribution in [2.45, 2.75) is 32.5 Å². The predicted molar refractivity (Wildman–Crippen MR) is 98.2 cm³/mol. The summed E-state index contributed by atoms with van der Waals surface area (Å²) in [6.45, 7) is 5.96. The molecule has 1 aliphatic rings. The molecular formula is C18H24N6O3. The van der Waals surface area contributed by atoms with Gasteiger partial charge in [-0.1, -0.05) is 0 Å². The van der Waals surface area contributed by atoms with Crippen LogP contribution < -0.4 is 5.56 Å². The van der Waals surface area contributed by atoms with E-state index in [0.29, 0.717) is 24.4 Å². The van der Waals surface area contributed by atoms with E-state index in [-0.39, 0.29) is 18.2 Å². The van der Waals surface area contributed by atoms with E-state index in [9.17, 15) is 9.90 Å². The Labute approximate surface area is 156 Å². The van der Waals surface area contributed by atoms with Crippen LogP contribution in [-0.2, 0) is 13.1 Å². The molecule has 0 aromatic carbocycles. The summed E-state index contributed by atoms with van der Waals surface area (Å²) >= 11 is 0. The monoisotopic (exact) mass is 372 g/mol.